The molecule has 13 nitrogen and oxygen atoms in total. The van der Waals surface area contributed by atoms with Gasteiger partial charge in [0.25, 0.3) is 0 Å². The average molecular weight is 530 g/mol. The minimum atomic E-state index is -3.43. The lowest BCUT2D eigenvalue weighted by Crippen LogP contribution is -2.67. The number of nitrogens with zero attached hydrogens (tertiary/aromatic N) is 8. The average Bonchev–Trinajstić information content (AvgIpc) is 3.20. The Kier molecular flexibility index (Phi) is 5.92. The van der Waals surface area contributed by atoms with Crippen LogP contribution in [0.5, 0.6) is 0 Å². The second kappa shape index (κ2) is 9.03. The first-order valence-electron chi connectivity index (χ1n) is 12.6. The van der Waals surface area contributed by atoms with Crippen LogP contribution in [0.4, 0.5) is 17.7 Å². The van der Waals surface area contributed by atoms with Crippen molar-refractivity contribution < 1.29 is 17.9 Å². The Morgan fingerprint density at radius 1 is 1.08 bits per heavy atom. The van der Waals surface area contributed by atoms with Gasteiger partial charge in [-0.2, -0.15) is 9.29 Å². The molecule has 0 bridgehead atoms. The summed E-state index contributed by atoms with van der Waals surface area (Å²) in [7, 11) is -3.43. The van der Waals surface area contributed by atoms with Gasteiger partial charge in [0.1, 0.15) is 11.1 Å². The topological polar surface area (TPSA) is 151 Å². The number of hydrogen-bond donors (Lipinski definition) is 1. The van der Waals surface area contributed by atoms with Gasteiger partial charge in [0.15, 0.2) is 0 Å². The third-order valence-electron chi connectivity index (χ3n) is 7.76. The predicted octanol–water partition coefficient (Wildman–Crippen LogP) is -0.652. The van der Waals surface area contributed by atoms with Gasteiger partial charge in [-0.1, -0.05) is 0 Å². The largest absolute Gasteiger partial charge is 0.377 e. The predicted molar refractivity (Wildman–Crippen MR) is 136 cm³/mol. The molecule has 0 unspecified atom stereocenters. The lowest BCUT2D eigenvalue weighted by molar-refractivity contribution is -0.131. The van der Waals surface area contributed by atoms with E-state index < -0.39 is 15.3 Å². The molecule has 1 atom stereocenters. The second-order valence-electron chi connectivity index (χ2n) is 10.1. The monoisotopic (exact) mass is 529 g/mol. The van der Waals surface area contributed by atoms with Gasteiger partial charge in [0.2, 0.25) is 27.8 Å². The fraction of sp³-hybridized carbons (Fsp3) is 0.609. The van der Waals surface area contributed by atoms with E-state index in [4.69, 9.17) is 20.4 Å². The Morgan fingerprint density at radius 2 is 1.81 bits per heavy atom. The van der Waals surface area contributed by atoms with Crippen molar-refractivity contribution in [1.29, 1.82) is 0 Å². The van der Waals surface area contributed by atoms with Crippen LogP contribution in [-0.4, -0.2) is 113 Å². The molecule has 2 aromatic heterocycles. The molecule has 6 heterocycles. The molecule has 3 fully saturated rings. The molecule has 14 heteroatoms. The second-order valence-corrected chi connectivity index (χ2v) is 12.3. The molecule has 2 aromatic rings. The van der Waals surface area contributed by atoms with Crippen molar-refractivity contribution in [3.63, 3.8) is 0 Å². The fourth-order valence-corrected chi connectivity index (χ4v) is 7.31. The molecular weight excluding hydrogens is 498 g/mol. The van der Waals surface area contributed by atoms with Gasteiger partial charge in [0.05, 0.1) is 31.0 Å². The highest BCUT2D eigenvalue weighted by Crippen LogP contribution is 2.39. The molecule has 6 rings (SSSR count). The van der Waals surface area contributed by atoms with E-state index in [0.717, 1.165) is 35.6 Å². The molecule has 0 radical (unpaired) electrons. The zero-order valence-corrected chi connectivity index (χ0v) is 21.8. The Hall–Kier alpha value is -3.10. The number of fused-ring (bicyclic) bond motifs is 1. The van der Waals surface area contributed by atoms with E-state index in [0.29, 0.717) is 38.8 Å². The van der Waals surface area contributed by atoms with Crippen LogP contribution in [0.25, 0.3) is 11.3 Å². The van der Waals surface area contributed by atoms with E-state index in [1.54, 1.807) is 21.6 Å². The number of hydrogen-bond acceptors (Lipinski definition) is 11. The summed E-state index contributed by atoms with van der Waals surface area (Å²) in [4.78, 5) is 35.7. The van der Waals surface area contributed by atoms with Crippen molar-refractivity contribution in [2.24, 2.45) is 0 Å². The zero-order valence-electron chi connectivity index (χ0n) is 20.9. The van der Waals surface area contributed by atoms with Crippen molar-refractivity contribution in [1.82, 2.24) is 29.1 Å². The summed E-state index contributed by atoms with van der Waals surface area (Å²) in [5, 5.41) is -0.517. The lowest BCUT2D eigenvalue weighted by atomic mass is 10.1. The van der Waals surface area contributed by atoms with Crippen molar-refractivity contribution in [3.8, 4) is 11.3 Å². The van der Waals surface area contributed by atoms with E-state index in [1.807, 2.05) is 0 Å². The molecule has 0 aromatic carbocycles. The minimum absolute atomic E-state index is 0.0281. The molecule has 198 valence electrons. The highest BCUT2D eigenvalue weighted by atomic mass is 32.2. The number of amides is 1. The maximum atomic E-state index is 13.0. The lowest BCUT2D eigenvalue weighted by Gasteiger charge is -2.47. The van der Waals surface area contributed by atoms with E-state index in [9.17, 15) is 13.2 Å². The van der Waals surface area contributed by atoms with Crippen LogP contribution in [-0.2, 0) is 26.0 Å². The number of nitrogens with two attached hydrogens (primary N) is 1. The fourth-order valence-electron chi connectivity index (χ4n) is 5.39. The summed E-state index contributed by atoms with van der Waals surface area (Å²) in [5.74, 6) is 1.57. The van der Waals surface area contributed by atoms with E-state index >= 15 is 0 Å². The van der Waals surface area contributed by atoms with Crippen molar-refractivity contribution in [2.45, 2.75) is 37.6 Å². The van der Waals surface area contributed by atoms with Crippen LogP contribution in [0.3, 0.4) is 0 Å². The number of likely N-dealkylation sites (tertiary alicyclic amines) is 1. The number of anilines is 3. The quantitative estimate of drug-likeness (QED) is 0.526. The highest BCUT2D eigenvalue weighted by Gasteiger charge is 2.48. The number of nitrogen functional groups attached to an aromatic ring is 1. The molecule has 4 aliphatic heterocycles. The summed E-state index contributed by atoms with van der Waals surface area (Å²) >= 11 is 0. The summed E-state index contributed by atoms with van der Waals surface area (Å²) in [6, 6.07) is 0.152. The molecule has 37 heavy (non-hydrogen) atoms. The summed E-state index contributed by atoms with van der Waals surface area (Å²) in [5.41, 5.74) is 8.28. The Labute approximate surface area is 215 Å². The van der Waals surface area contributed by atoms with Gasteiger partial charge in [-0.3, -0.25) is 4.79 Å². The van der Waals surface area contributed by atoms with Crippen molar-refractivity contribution >= 4 is 33.6 Å². The highest BCUT2D eigenvalue weighted by molar-refractivity contribution is 7.89. The molecule has 3 saturated heterocycles. The molecule has 0 spiro atoms. The van der Waals surface area contributed by atoms with Gasteiger partial charge in [-0.15, -0.1) is 0 Å². The first-order valence-corrected chi connectivity index (χ1v) is 14.1. The van der Waals surface area contributed by atoms with Gasteiger partial charge >= 0.3 is 0 Å². The molecular formula is C23H31N9O4S. The Morgan fingerprint density at radius 3 is 2.49 bits per heavy atom. The van der Waals surface area contributed by atoms with Crippen LogP contribution in [0.2, 0.25) is 0 Å². The normalized spacial score (nSPS) is 23.1. The summed E-state index contributed by atoms with van der Waals surface area (Å²) < 4.78 is 33.2. The van der Waals surface area contributed by atoms with Crippen molar-refractivity contribution in [3.05, 3.63) is 18.0 Å². The van der Waals surface area contributed by atoms with Crippen LogP contribution in [0.15, 0.2) is 12.4 Å². The van der Waals surface area contributed by atoms with Crippen LogP contribution < -0.4 is 15.5 Å². The number of carbonyl (C=O) groups is 1. The van der Waals surface area contributed by atoms with Crippen LogP contribution >= 0.6 is 0 Å². The standard InChI is InChI=1S/C23H31N9O4S/c1-14-13-36-6-5-31(14)23-27-20(16-7-25-22(24)26-8-16)19-3-4-32(21(19)28-23)17-9-30(10-17)37(34,35)18-11-29(12-18)15(2)33/h7-8,14,17-18H,3-6,9-13H2,1-2H3,(H2,24,25,26)/t14-/m0/s1. The van der Waals surface area contributed by atoms with E-state index in [1.165, 1.54) is 6.92 Å². The van der Waals surface area contributed by atoms with Gasteiger partial charge in [0, 0.05) is 69.7 Å². The third kappa shape index (κ3) is 4.16. The number of ether oxygens (including phenoxy) is 1. The minimum Gasteiger partial charge on any atom is -0.377 e. The molecule has 2 N–H and O–H groups in total. The third-order valence-corrected chi connectivity index (χ3v) is 9.92. The molecule has 4 aliphatic rings. The number of aromatic nitrogens is 4. The van der Waals surface area contributed by atoms with Crippen LogP contribution in [0.1, 0.15) is 19.4 Å². The number of rotatable bonds is 5. The summed E-state index contributed by atoms with van der Waals surface area (Å²) in [6.45, 7) is 7.53. The van der Waals surface area contributed by atoms with Crippen LogP contribution in [0, 0.1) is 0 Å². The number of sulfonamides is 1. The van der Waals surface area contributed by atoms with E-state index in [-0.39, 0.29) is 37.0 Å². The van der Waals surface area contributed by atoms with E-state index in [2.05, 4.69) is 26.7 Å². The van der Waals surface area contributed by atoms with Gasteiger partial charge < -0.3 is 25.2 Å². The maximum absolute atomic E-state index is 13.0. The first-order chi connectivity index (χ1) is 17.7. The smallest absolute Gasteiger partial charge is 0.228 e. The zero-order chi connectivity index (χ0) is 25.9. The van der Waals surface area contributed by atoms with Gasteiger partial charge in [-0.25, -0.2) is 23.4 Å². The SMILES string of the molecule is CC(=O)N1CC(S(=O)(=O)N2CC(N3CCc4c(-c5cnc(N)nc5)nc(N5CCOC[C@@H]5C)nc43)C2)C1. The summed E-state index contributed by atoms with van der Waals surface area (Å²) in [6.07, 6.45) is 4.11. The van der Waals surface area contributed by atoms with Crippen molar-refractivity contribution in [2.75, 3.05) is 68.0 Å². The molecule has 1 amide bonds. The van der Waals surface area contributed by atoms with Gasteiger partial charge in [-0.05, 0) is 13.3 Å². The first kappa shape index (κ1) is 24.2. The molecule has 0 aliphatic carbocycles. The Balaban J connectivity index is 1.27. The Bertz CT molecular complexity index is 1310. The molecule has 0 saturated carbocycles. The number of carbonyl (C=O) groups excluding carboxylic acids is 1. The number of morpholine rings is 1. The maximum Gasteiger partial charge on any atom is 0.228 e.